The van der Waals surface area contributed by atoms with Crippen LogP contribution in [0.2, 0.25) is 5.02 Å². The molecule has 1 unspecified atom stereocenters. The Morgan fingerprint density at radius 1 is 1.06 bits per heavy atom. The van der Waals surface area contributed by atoms with Gasteiger partial charge in [-0.3, -0.25) is 19.3 Å². The molecule has 1 aliphatic rings. The Hall–Kier alpha value is -4.61. The first-order chi connectivity index (χ1) is 17.2. The molecule has 0 saturated carbocycles. The van der Waals surface area contributed by atoms with Crippen LogP contribution in [-0.2, 0) is 14.4 Å². The number of aliphatic hydroxyl groups excluding tert-OH is 1. The van der Waals surface area contributed by atoms with E-state index in [0.29, 0.717) is 21.8 Å². The average Bonchev–Trinajstić information content (AvgIpc) is 3.14. The normalized spacial score (nSPS) is 16.5. The van der Waals surface area contributed by atoms with E-state index >= 15 is 0 Å². The standard InChI is InChI=1S/C27H19ClN2O6/c1-15(31)36-20-10-5-17(6-11-20)24-23(25(32)21-13-18(28)7-12-22(21)35-2)26(33)27(34)30(24)19-8-3-16(14-29)4-9-19/h3-13,24,32H,1-2H3/b25-23+. The van der Waals surface area contributed by atoms with Crippen molar-refractivity contribution in [1.29, 1.82) is 5.26 Å². The molecule has 1 heterocycles. The summed E-state index contributed by atoms with van der Waals surface area (Å²) in [6, 6.07) is 17.9. The molecule has 8 nitrogen and oxygen atoms in total. The number of carbonyl (C=O) groups excluding carboxylic acids is 3. The van der Waals surface area contributed by atoms with Crippen LogP contribution in [0, 0.1) is 11.3 Å². The van der Waals surface area contributed by atoms with E-state index in [1.165, 1.54) is 55.3 Å². The molecule has 1 saturated heterocycles. The van der Waals surface area contributed by atoms with E-state index in [1.807, 2.05) is 6.07 Å². The first-order valence-electron chi connectivity index (χ1n) is 10.7. The topological polar surface area (TPSA) is 117 Å². The van der Waals surface area contributed by atoms with Crippen LogP contribution in [0.3, 0.4) is 0 Å². The third-order valence-electron chi connectivity index (χ3n) is 5.59. The first kappa shape index (κ1) is 24.5. The van der Waals surface area contributed by atoms with Gasteiger partial charge in [0.1, 0.15) is 17.3 Å². The van der Waals surface area contributed by atoms with Crippen LogP contribution in [0.4, 0.5) is 5.69 Å². The number of nitriles is 1. The summed E-state index contributed by atoms with van der Waals surface area (Å²) in [4.78, 5) is 39.1. The smallest absolute Gasteiger partial charge is 0.308 e. The quantitative estimate of drug-likeness (QED) is 0.175. The summed E-state index contributed by atoms with van der Waals surface area (Å²) in [5.74, 6) is -2.20. The molecule has 9 heteroatoms. The van der Waals surface area contributed by atoms with Crippen molar-refractivity contribution in [3.05, 3.63) is 94.0 Å². The third kappa shape index (κ3) is 4.52. The van der Waals surface area contributed by atoms with E-state index in [1.54, 1.807) is 30.3 Å². The lowest BCUT2D eigenvalue weighted by molar-refractivity contribution is -0.132. The number of rotatable bonds is 5. The molecule has 0 spiro atoms. The van der Waals surface area contributed by atoms with E-state index in [9.17, 15) is 19.5 Å². The minimum absolute atomic E-state index is 0.143. The number of benzene rings is 3. The number of carbonyl (C=O) groups is 3. The van der Waals surface area contributed by atoms with Gasteiger partial charge >= 0.3 is 5.97 Å². The van der Waals surface area contributed by atoms with Gasteiger partial charge in [-0.2, -0.15) is 5.26 Å². The molecule has 0 radical (unpaired) electrons. The van der Waals surface area contributed by atoms with E-state index in [0.717, 1.165) is 0 Å². The van der Waals surface area contributed by atoms with Crippen LogP contribution in [-0.4, -0.2) is 29.9 Å². The van der Waals surface area contributed by atoms with E-state index < -0.39 is 29.5 Å². The highest BCUT2D eigenvalue weighted by Crippen LogP contribution is 2.44. The van der Waals surface area contributed by atoms with Gasteiger partial charge in [0.2, 0.25) is 0 Å². The molecule has 1 N–H and O–H groups in total. The Balaban J connectivity index is 1.94. The molecule has 0 aromatic heterocycles. The first-order valence-corrected chi connectivity index (χ1v) is 11.1. The van der Waals surface area contributed by atoms with Crippen molar-refractivity contribution in [2.24, 2.45) is 0 Å². The second-order valence-corrected chi connectivity index (χ2v) is 8.27. The van der Waals surface area contributed by atoms with E-state index in [4.69, 9.17) is 26.3 Å². The fourth-order valence-corrected chi connectivity index (χ4v) is 4.18. The summed E-state index contributed by atoms with van der Waals surface area (Å²) in [6.07, 6.45) is 0. The molecule has 3 aromatic rings. The van der Waals surface area contributed by atoms with Crippen molar-refractivity contribution >= 4 is 40.7 Å². The molecule has 0 bridgehead atoms. The van der Waals surface area contributed by atoms with Crippen LogP contribution < -0.4 is 14.4 Å². The fraction of sp³-hybridized carbons (Fsp3) is 0.111. The second-order valence-electron chi connectivity index (χ2n) is 7.84. The molecule has 180 valence electrons. The second kappa shape index (κ2) is 9.94. The Bertz CT molecular complexity index is 1440. The minimum Gasteiger partial charge on any atom is -0.507 e. The highest BCUT2D eigenvalue weighted by molar-refractivity contribution is 6.51. The summed E-state index contributed by atoms with van der Waals surface area (Å²) in [5.41, 5.74) is 1.16. The van der Waals surface area contributed by atoms with Crippen molar-refractivity contribution < 1.29 is 29.0 Å². The zero-order valence-corrected chi connectivity index (χ0v) is 19.9. The summed E-state index contributed by atoms with van der Waals surface area (Å²) in [6.45, 7) is 1.27. The Morgan fingerprint density at radius 2 is 1.72 bits per heavy atom. The average molecular weight is 503 g/mol. The van der Waals surface area contributed by atoms with Crippen molar-refractivity contribution in [3.63, 3.8) is 0 Å². The number of hydrogen-bond donors (Lipinski definition) is 1. The van der Waals surface area contributed by atoms with Crippen LogP contribution >= 0.6 is 11.6 Å². The molecule has 1 atom stereocenters. The van der Waals surface area contributed by atoms with Crippen molar-refractivity contribution in [1.82, 2.24) is 0 Å². The zero-order chi connectivity index (χ0) is 26.0. The predicted octanol–water partition coefficient (Wildman–Crippen LogP) is 4.77. The van der Waals surface area contributed by atoms with Crippen LogP contribution in [0.15, 0.2) is 72.3 Å². The van der Waals surface area contributed by atoms with Gasteiger partial charge in [0.05, 0.1) is 35.9 Å². The van der Waals surface area contributed by atoms with Gasteiger partial charge in [-0.05, 0) is 60.2 Å². The maximum Gasteiger partial charge on any atom is 0.308 e. The van der Waals surface area contributed by atoms with Gasteiger partial charge in [-0.1, -0.05) is 23.7 Å². The number of halogens is 1. The van der Waals surface area contributed by atoms with Gasteiger partial charge in [-0.15, -0.1) is 0 Å². The number of hydrogen-bond acceptors (Lipinski definition) is 7. The molecule has 1 aliphatic heterocycles. The number of methoxy groups -OCH3 is 1. The monoisotopic (exact) mass is 502 g/mol. The largest absolute Gasteiger partial charge is 0.507 e. The van der Waals surface area contributed by atoms with Crippen molar-refractivity contribution in [2.45, 2.75) is 13.0 Å². The molecule has 1 amide bonds. The Kier molecular flexibility index (Phi) is 6.77. The highest BCUT2D eigenvalue weighted by Gasteiger charge is 2.47. The number of anilines is 1. The fourth-order valence-electron chi connectivity index (χ4n) is 4.01. The summed E-state index contributed by atoms with van der Waals surface area (Å²) >= 11 is 6.14. The zero-order valence-electron chi connectivity index (χ0n) is 19.2. The Morgan fingerprint density at radius 3 is 2.31 bits per heavy atom. The molecule has 1 fully saturated rings. The maximum absolute atomic E-state index is 13.3. The van der Waals surface area contributed by atoms with Crippen LogP contribution in [0.1, 0.15) is 29.7 Å². The molecule has 0 aliphatic carbocycles. The number of esters is 1. The number of ether oxygens (including phenoxy) is 2. The number of ketones is 1. The minimum atomic E-state index is -1.03. The molecular weight excluding hydrogens is 484 g/mol. The summed E-state index contributed by atoms with van der Waals surface area (Å²) in [7, 11) is 1.40. The highest BCUT2D eigenvalue weighted by atomic mass is 35.5. The van der Waals surface area contributed by atoms with Crippen LogP contribution in [0.25, 0.3) is 5.76 Å². The lowest BCUT2D eigenvalue weighted by Gasteiger charge is -2.25. The Labute approximate surface area is 211 Å². The van der Waals surface area contributed by atoms with Gasteiger partial charge in [0, 0.05) is 17.6 Å². The van der Waals surface area contributed by atoms with E-state index in [2.05, 4.69) is 0 Å². The number of amides is 1. The third-order valence-corrected chi connectivity index (χ3v) is 5.83. The maximum atomic E-state index is 13.3. The van der Waals surface area contributed by atoms with Crippen molar-refractivity contribution in [2.75, 3.05) is 12.0 Å². The summed E-state index contributed by atoms with van der Waals surface area (Å²) < 4.78 is 10.4. The van der Waals surface area contributed by atoms with Crippen LogP contribution in [0.5, 0.6) is 11.5 Å². The predicted molar refractivity (Wildman–Crippen MR) is 132 cm³/mol. The number of aliphatic hydroxyl groups is 1. The van der Waals surface area contributed by atoms with Crippen molar-refractivity contribution in [3.8, 4) is 17.6 Å². The van der Waals surface area contributed by atoms with Gasteiger partial charge in [0.15, 0.2) is 0 Å². The SMILES string of the molecule is COc1ccc(Cl)cc1/C(O)=C1\C(=O)C(=O)N(c2ccc(C#N)cc2)C1c1ccc(OC(C)=O)cc1. The van der Waals surface area contributed by atoms with E-state index in [-0.39, 0.29) is 22.6 Å². The lowest BCUT2D eigenvalue weighted by Crippen LogP contribution is -2.29. The lowest BCUT2D eigenvalue weighted by atomic mass is 9.94. The molecule has 36 heavy (non-hydrogen) atoms. The number of Topliss-reactive ketones (excluding diaryl/α,β-unsaturated/α-hetero) is 1. The molecule has 4 rings (SSSR count). The molecular formula is C27H19ClN2O6. The van der Waals surface area contributed by atoms with Gasteiger partial charge in [-0.25, -0.2) is 0 Å². The van der Waals surface area contributed by atoms with Gasteiger partial charge < -0.3 is 14.6 Å². The molecule has 3 aromatic carbocycles. The summed E-state index contributed by atoms with van der Waals surface area (Å²) in [5, 5.41) is 20.8. The number of nitrogens with zero attached hydrogens (tertiary/aromatic N) is 2. The van der Waals surface area contributed by atoms with Gasteiger partial charge in [0.25, 0.3) is 11.7 Å².